The predicted molar refractivity (Wildman–Crippen MR) is 59.4 cm³/mol. The Labute approximate surface area is 95.5 Å². The van der Waals surface area contributed by atoms with Gasteiger partial charge < -0.3 is 10.8 Å². The van der Waals surface area contributed by atoms with Crippen LogP contribution in [0.2, 0.25) is 0 Å². The number of hydrogen-bond donors (Lipinski definition) is 2. The maximum atomic E-state index is 11.3. The van der Waals surface area contributed by atoms with Gasteiger partial charge in [-0.1, -0.05) is 0 Å². The van der Waals surface area contributed by atoms with Gasteiger partial charge in [0.1, 0.15) is 6.04 Å². The summed E-state index contributed by atoms with van der Waals surface area (Å²) in [6.45, 7) is 0.914. The molecule has 1 aliphatic heterocycles. The van der Waals surface area contributed by atoms with Crippen molar-refractivity contribution in [3.05, 3.63) is 0 Å². The Hall–Kier alpha value is -0.660. The molecule has 0 aromatic carbocycles. The van der Waals surface area contributed by atoms with Crippen LogP contribution in [0.25, 0.3) is 0 Å². The molecule has 0 amide bonds. The second kappa shape index (κ2) is 5.11. The monoisotopic (exact) mass is 250 g/mol. The van der Waals surface area contributed by atoms with Gasteiger partial charge in [-0.15, -0.1) is 0 Å². The Bertz CT molecular complexity index is 355. The predicted octanol–water partition coefficient (Wildman–Crippen LogP) is -0.540. The number of piperidine rings is 1. The van der Waals surface area contributed by atoms with Crippen LogP contribution in [0, 0.1) is 5.92 Å². The third kappa shape index (κ3) is 3.73. The Morgan fingerprint density at radius 3 is 2.75 bits per heavy atom. The normalized spacial score (nSPS) is 25.2. The van der Waals surface area contributed by atoms with E-state index in [0.29, 0.717) is 19.5 Å². The zero-order valence-electron chi connectivity index (χ0n) is 9.30. The summed E-state index contributed by atoms with van der Waals surface area (Å²) in [5, 5.41) is 8.68. The number of carboxylic acids is 1. The molecule has 94 valence electrons. The van der Waals surface area contributed by atoms with Crippen molar-refractivity contribution in [1.29, 1.82) is 0 Å². The third-order valence-electron chi connectivity index (χ3n) is 2.86. The molecule has 1 aliphatic rings. The van der Waals surface area contributed by atoms with E-state index < -0.39 is 22.0 Å². The molecule has 1 fully saturated rings. The van der Waals surface area contributed by atoms with Crippen molar-refractivity contribution in [3.63, 3.8) is 0 Å². The highest BCUT2D eigenvalue weighted by molar-refractivity contribution is 7.88. The fraction of sp³-hybridized carbons (Fsp3) is 0.889. The third-order valence-corrected chi connectivity index (χ3v) is 4.12. The van der Waals surface area contributed by atoms with E-state index in [0.717, 1.165) is 12.8 Å². The summed E-state index contributed by atoms with van der Waals surface area (Å²) in [5.74, 6) is -0.981. The van der Waals surface area contributed by atoms with Crippen molar-refractivity contribution in [2.45, 2.75) is 25.3 Å². The summed E-state index contributed by atoms with van der Waals surface area (Å²) < 4.78 is 24.1. The Balaban J connectivity index is 2.55. The largest absolute Gasteiger partial charge is 0.480 e. The van der Waals surface area contributed by atoms with Gasteiger partial charge in [-0.2, -0.15) is 0 Å². The van der Waals surface area contributed by atoms with Gasteiger partial charge in [0.15, 0.2) is 0 Å². The molecular weight excluding hydrogens is 232 g/mol. The van der Waals surface area contributed by atoms with Gasteiger partial charge in [0.2, 0.25) is 10.0 Å². The molecule has 1 saturated heterocycles. The molecule has 1 heterocycles. The molecule has 0 aromatic rings. The second-order valence-electron chi connectivity index (χ2n) is 4.31. The first-order valence-electron chi connectivity index (χ1n) is 5.24. The molecule has 0 aromatic heterocycles. The van der Waals surface area contributed by atoms with E-state index in [9.17, 15) is 13.2 Å². The average molecular weight is 250 g/mol. The van der Waals surface area contributed by atoms with Gasteiger partial charge in [-0.25, -0.2) is 12.7 Å². The summed E-state index contributed by atoms with van der Waals surface area (Å²) in [7, 11) is -3.17. The SMILES string of the molecule is CS(=O)(=O)N1CCCC(C[C@@H](N)C(=O)O)C1. The number of sulfonamides is 1. The minimum Gasteiger partial charge on any atom is -0.480 e. The number of carbonyl (C=O) groups is 1. The molecule has 0 spiro atoms. The number of nitrogens with zero attached hydrogens (tertiary/aromatic N) is 1. The minimum absolute atomic E-state index is 0.0505. The lowest BCUT2D eigenvalue weighted by atomic mass is 9.93. The maximum Gasteiger partial charge on any atom is 0.320 e. The summed E-state index contributed by atoms with van der Waals surface area (Å²) in [5.41, 5.74) is 5.43. The number of aliphatic carboxylic acids is 1. The molecule has 2 atom stereocenters. The van der Waals surface area contributed by atoms with Gasteiger partial charge in [-0.05, 0) is 25.2 Å². The molecule has 0 radical (unpaired) electrons. The topological polar surface area (TPSA) is 101 Å². The van der Waals surface area contributed by atoms with Crippen LogP contribution in [-0.4, -0.2) is 49.2 Å². The molecule has 1 rings (SSSR count). The van der Waals surface area contributed by atoms with Crippen LogP contribution in [0.3, 0.4) is 0 Å². The van der Waals surface area contributed by atoms with Gasteiger partial charge in [0.25, 0.3) is 0 Å². The van der Waals surface area contributed by atoms with Crippen LogP contribution in [0.1, 0.15) is 19.3 Å². The summed E-state index contributed by atoms with van der Waals surface area (Å²) in [4.78, 5) is 10.6. The Morgan fingerprint density at radius 1 is 1.62 bits per heavy atom. The van der Waals surface area contributed by atoms with Gasteiger partial charge in [0.05, 0.1) is 6.26 Å². The zero-order valence-corrected chi connectivity index (χ0v) is 10.1. The fourth-order valence-electron chi connectivity index (χ4n) is 1.98. The minimum atomic E-state index is -3.17. The number of carboxylic acid groups (broad SMARTS) is 1. The van der Waals surface area contributed by atoms with Gasteiger partial charge >= 0.3 is 5.97 Å². The van der Waals surface area contributed by atoms with Crippen molar-refractivity contribution in [2.75, 3.05) is 19.3 Å². The first-order valence-corrected chi connectivity index (χ1v) is 7.09. The van der Waals surface area contributed by atoms with E-state index in [1.807, 2.05) is 0 Å². The lowest BCUT2D eigenvalue weighted by Gasteiger charge is -2.31. The van der Waals surface area contributed by atoms with E-state index in [1.165, 1.54) is 10.6 Å². The van der Waals surface area contributed by atoms with Crippen LogP contribution in [0.5, 0.6) is 0 Å². The van der Waals surface area contributed by atoms with Crippen LogP contribution in [0.4, 0.5) is 0 Å². The zero-order chi connectivity index (χ0) is 12.3. The highest BCUT2D eigenvalue weighted by Gasteiger charge is 2.28. The van der Waals surface area contributed by atoms with Crippen LogP contribution in [0.15, 0.2) is 0 Å². The lowest BCUT2D eigenvalue weighted by Crippen LogP contribution is -2.42. The van der Waals surface area contributed by atoms with Crippen molar-refractivity contribution in [2.24, 2.45) is 11.7 Å². The van der Waals surface area contributed by atoms with E-state index in [-0.39, 0.29) is 5.92 Å². The van der Waals surface area contributed by atoms with Crippen molar-refractivity contribution >= 4 is 16.0 Å². The first-order chi connectivity index (χ1) is 7.30. The molecule has 3 N–H and O–H groups in total. The smallest absolute Gasteiger partial charge is 0.320 e. The van der Waals surface area contributed by atoms with E-state index in [1.54, 1.807) is 0 Å². The lowest BCUT2D eigenvalue weighted by molar-refractivity contribution is -0.139. The van der Waals surface area contributed by atoms with Gasteiger partial charge in [0, 0.05) is 13.1 Å². The number of hydrogen-bond acceptors (Lipinski definition) is 4. The van der Waals surface area contributed by atoms with Gasteiger partial charge in [-0.3, -0.25) is 4.79 Å². The molecule has 6 nitrogen and oxygen atoms in total. The first kappa shape index (κ1) is 13.4. The fourth-order valence-corrected chi connectivity index (χ4v) is 2.92. The molecule has 1 unspecified atom stereocenters. The molecule has 7 heteroatoms. The maximum absolute atomic E-state index is 11.3. The standard InChI is InChI=1S/C9H18N2O4S/c1-16(14,15)11-4-2-3-7(6-11)5-8(10)9(12)13/h7-8H,2-6,10H2,1H3,(H,12,13)/t7?,8-/m1/s1. The number of nitrogens with two attached hydrogens (primary N) is 1. The average Bonchev–Trinajstić information content (AvgIpc) is 2.16. The van der Waals surface area contributed by atoms with Crippen molar-refractivity contribution < 1.29 is 18.3 Å². The van der Waals surface area contributed by atoms with Crippen LogP contribution < -0.4 is 5.73 Å². The summed E-state index contributed by atoms with van der Waals surface area (Å²) in [6.07, 6.45) is 3.12. The second-order valence-corrected chi connectivity index (χ2v) is 6.29. The molecule has 16 heavy (non-hydrogen) atoms. The Morgan fingerprint density at radius 2 is 2.25 bits per heavy atom. The quantitative estimate of drug-likeness (QED) is 0.698. The molecule has 0 aliphatic carbocycles. The summed E-state index contributed by atoms with van der Waals surface area (Å²) in [6, 6.07) is -0.899. The van der Waals surface area contributed by atoms with Crippen LogP contribution in [-0.2, 0) is 14.8 Å². The highest BCUT2D eigenvalue weighted by atomic mass is 32.2. The number of rotatable bonds is 4. The molecule has 0 saturated carbocycles. The van der Waals surface area contributed by atoms with E-state index >= 15 is 0 Å². The van der Waals surface area contributed by atoms with E-state index in [2.05, 4.69) is 0 Å². The van der Waals surface area contributed by atoms with E-state index in [4.69, 9.17) is 10.8 Å². The van der Waals surface area contributed by atoms with Crippen molar-refractivity contribution in [3.8, 4) is 0 Å². The Kier molecular flexibility index (Phi) is 4.28. The molecule has 0 bridgehead atoms. The molecular formula is C9H18N2O4S. The van der Waals surface area contributed by atoms with Crippen LogP contribution >= 0.6 is 0 Å². The van der Waals surface area contributed by atoms with Crippen molar-refractivity contribution in [1.82, 2.24) is 4.31 Å². The highest BCUT2D eigenvalue weighted by Crippen LogP contribution is 2.22. The summed E-state index contributed by atoms with van der Waals surface area (Å²) >= 11 is 0.